The summed E-state index contributed by atoms with van der Waals surface area (Å²) < 4.78 is 37.8. The maximum Gasteiger partial charge on any atom is 0.416 e. The van der Waals surface area contributed by atoms with Gasteiger partial charge in [0.05, 0.1) is 5.56 Å². The summed E-state index contributed by atoms with van der Waals surface area (Å²) in [6.45, 7) is 10.3. The number of amidine groups is 1. The van der Waals surface area contributed by atoms with Crippen molar-refractivity contribution in [1.29, 1.82) is 5.41 Å². The first-order valence-corrected chi connectivity index (χ1v) is 9.58. The number of rotatable bonds is 3. The highest BCUT2D eigenvalue weighted by molar-refractivity contribution is 7.80. The third-order valence-corrected chi connectivity index (χ3v) is 3.78. The van der Waals surface area contributed by atoms with E-state index in [4.69, 9.17) is 23.4 Å². The van der Waals surface area contributed by atoms with Crippen molar-refractivity contribution >= 4 is 23.2 Å². The lowest BCUT2D eigenvalue weighted by molar-refractivity contribution is -0.137. The predicted octanol–water partition coefficient (Wildman–Crippen LogP) is 6.32. The second-order valence-electron chi connectivity index (χ2n) is 5.08. The number of nitrogens with two attached hydrogens (primary N) is 1. The Kier molecular flexibility index (Phi) is 11.1. The standard InChI is InChI=1S/C17H16F3N3S.2C2H6/c1-2-23(16(22)24)15(21)13-5-3-11(4-6-13)12-7-9-14(10-8-12)17(18,19)20;2*1-2/h3-10,21H,2H2,1H3,(H2,22,24);2*1-2H3. The Hall–Kier alpha value is -2.41. The van der Waals surface area contributed by atoms with E-state index in [1.807, 2.05) is 34.6 Å². The molecule has 0 radical (unpaired) electrons. The van der Waals surface area contributed by atoms with Gasteiger partial charge in [0, 0.05) is 12.1 Å². The molecule has 0 amide bonds. The predicted molar refractivity (Wildman–Crippen MR) is 116 cm³/mol. The Morgan fingerprint density at radius 2 is 1.32 bits per heavy atom. The van der Waals surface area contributed by atoms with Gasteiger partial charge in [-0.25, -0.2) is 0 Å². The summed E-state index contributed by atoms with van der Waals surface area (Å²) in [7, 11) is 0. The highest BCUT2D eigenvalue weighted by atomic mass is 32.1. The van der Waals surface area contributed by atoms with Crippen molar-refractivity contribution in [3.8, 4) is 11.1 Å². The Bertz CT molecular complexity index is 739. The van der Waals surface area contributed by atoms with Gasteiger partial charge in [0.1, 0.15) is 5.84 Å². The summed E-state index contributed by atoms with van der Waals surface area (Å²) >= 11 is 4.91. The number of nitrogens with zero attached hydrogens (tertiary/aromatic N) is 1. The average molecular weight is 412 g/mol. The Balaban J connectivity index is 0.00000171. The van der Waals surface area contributed by atoms with Crippen LogP contribution in [0.15, 0.2) is 48.5 Å². The summed E-state index contributed by atoms with van der Waals surface area (Å²) in [5.41, 5.74) is 6.96. The molecule has 0 spiro atoms. The van der Waals surface area contributed by atoms with Crippen LogP contribution in [-0.4, -0.2) is 22.4 Å². The summed E-state index contributed by atoms with van der Waals surface area (Å²) in [5, 5.41) is 8.24. The van der Waals surface area contributed by atoms with Crippen LogP contribution < -0.4 is 5.73 Å². The molecule has 0 atom stereocenters. The van der Waals surface area contributed by atoms with E-state index in [1.165, 1.54) is 17.0 Å². The molecule has 28 heavy (non-hydrogen) atoms. The SMILES string of the molecule is CC.CC.CCN(C(=N)c1ccc(-c2ccc(C(F)(F)F)cc2)cc1)C(N)=S. The fourth-order valence-corrected chi connectivity index (χ4v) is 2.47. The van der Waals surface area contributed by atoms with Crippen LogP contribution in [0.5, 0.6) is 0 Å². The van der Waals surface area contributed by atoms with Gasteiger partial charge in [-0.2, -0.15) is 13.2 Å². The Labute approximate surface area is 170 Å². The van der Waals surface area contributed by atoms with E-state index in [-0.39, 0.29) is 10.9 Å². The van der Waals surface area contributed by atoms with Gasteiger partial charge >= 0.3 is 6.18 Å². The number of hydrogen-bond donors (Lipinski definition) is 2. The maximum atomic E-state index is 12.6. The van der Waals surface area contributed by atoms with E-state index in [1.54, 1.807) is 24.3 Å². The second-order valence-corrected chi connectivity index (χ2v) is 5.50. The summed E-state index contributed by atoms with van der Waals surface area (Å²) in [5.74, 6) is 0.184. The van der Waals surface area contributed by atoms with Gasteiger partial charge in [-0.1, -0.05) is 64.1 Å². The van der Waals surface area contributed by atoms with Gasteiger partial charge in [0.15, 0.2) is 5.11 Å². The minimum Gasteiger partial charge on any atom is -0.376 e. The summed E-state index contributed by atoms with van der Waals surface area (Å²) in [6, 6.07) is 11.9. The minimum atomic E-state index is -4.35. The zero-order chi connectivity index (χ0) is 21.9. The van der Waals surface area contributed by atoms with Crippen LogP contribution in [0.1, 0.15) is 45.7 Å². The molecule has 2 aromatic carbocycles. The number of thiocarbonyl (C=S) groups is 1. The Morgan fingerprint density at radius 1 is 0.929 bits per heavy atom. The van der Waals surface area contributed by atoms with Gasteiger partial charge in [0.2, 0.25) is 0 Å². The molecule has 3 nitrogen and oxygen atoms in total. The third kappa shape index (κ3) is 6.96. The lowest BCUT2D eigenvalue weighted by Gasteiger charge is -2.21. The quantitative estimate of drug-likeness (QED) is 0.353. The summed E-state index contributed by atoms with van der Waals surface area (Å²) in [6.07, 6.45) is -4.35. The first-order chi connectivity index (χ1) is 13.2. The molecule has 2 aromatic rings. The minimum absolute atomic E-state index is 0.120. The van der Waals surface area contributed by atoms with Gasteiger partial charge < -0.3 is 10.6 Å². The smallest absolute Gasteiger partial charge is 0.376 e. The van der Waals surface area contributed by atoms with Crippen LogP contribution >= 0.6 is 12.2 Å². The van der Waals surface area contributed by atoms with Crippen LogP contribution in [0.2, 0.25) is 0 Å². The monoisotopic (exact) mass is 411 g/mol. The summed E-state index contributed by atoms with van der Waals surface area (Å²) in [4.78, 5) is 1.49. The molecule has 3 N–H and O–H groups in total. The molecule has 0 bridgehead atoms. The van der Waals surface area contributed by atoms with Crippen LogP contribution in [-0.2, 0) is 6.18 Å². The van der Waals surface area contributed by atoms with E-state index < -0.39 is 11.7 Å². The Morgan fingerprint density at radius 3 is 1.64 bits per heavy atom. The molecule has 0 aliphatic heterocycles. The average Bonchev–Trinajstić information content (AvgIpc) is 2.71. The van der Waals surface area contributed by atoms with Crippen molar-refractivity contribution in [2.24, 2.45) is 5.73 Å². The number of hydrogen-bond acceptors (Lipinski definition) is 2. The normalized spacial score (nSPS) is 10.0. The fraction of sp³-hybridized carbons (Fsp3) is 0.333. The van der Waals surface area contributed by atoms with Crippen molar-refractivity contribution in [3.05, 3.63) is 59.7 Å². The van der Waals surface area contributed by atoms with Crippen LogP contribution in [0.25, 0.3) is 11.1 Å². The molecule has 154 valence electrons. The molecule has 0 unspecified atom stereocenters. The second kappa shape index (κ2) is 12.1. The van der Waals surface area contributed by atoms with Crippen LogP contribution in [0.4, 0.5) is 13.2 Å². The molecule has 0 heterocycles. The number of halogens is 3. The largest absolute Gasteiger partial charge is 0.416 e. The van der Waals surface area contributed by atoms with Crippen molar-refractivity contribution in [1.82, 2.24) is 4.90 Å². The lowest BCUT2D eigenvalue weighted by atomic mass is 10.0. The van der Waals surface area contributed by atoms with E-state index in [0.29, 0.717) is 17.7 Å². The first kappa shape index (κ1) is 25.6. The molecular formula is C21H28F3N3S. The highest BCUT2D eigenvalue weighted by Crippen LogP contribution is 2.31. The van der Waals surface area contributed by atoms with Gasteiger partial charge in [-0.05, 0) is 42.4 Å². The molecule has 7 heteroatoms. The zero-order valence-electron chi connectivity index (χ0n) is 16.9. The third-order valence-electron chi connectivity index (χ3n) is 3.56. The van der Waals surface area contributed by atoms with E-state index >= 15 is 0 Å². The van der Waals surface area contributed by atoms with Gasteiger partial charge in [0.25, 0.3) is 0 Å². The molecule has 0 aromatic heterocycles. The molecule has 2 rings (SSSR count). The first-order valence-electron chi connectivity index (χ1n) is 9.17. The van der Waals surface area contributed by atoms with Crippen LogP contribution in [0.3, 0.4) is 0 Å². The lowest BCUT2D eigenvalue weighted by Crippen LogP contribution is -2.40. The van der Waals surface area contributed by atoms with Gasteiger partial charge in [-0.3, -0.25) is 5.41 Å². The number of benzene rings is 2. The molecule has 0 fully saturated rings. The number of alkyl halides is 3. The zero-order valence-corrected chi connectivity index (χ0v) is 17.7. The molecule has 0 saturated heterocycles. The highest BCUT2D eigenvalue weighted by Gasteiger charge is 2.29. The van der Waals surface area contributed by atoms with Crippen molar-refractivity contribution in [3.63, 3.8) is 0 Å². The van der Waals surface area contributed by atoms with Crippen molar-refractivity contribution in [2.75, 3.05) is 6.54 Å². The topological polar surface area (TPSA) is 53.1 Å². The molecule has 0 saturated carbocycles. The van der Waals surface area contributed by atoms with Crippen LogP contribution in [0, 0.1) is 5.41 Å². The number of nitrogens with one attached hydrogen (secondary N) is 1. The molecule has 0 aliphatic rings. The van der Waals surface area contributed by atoms with Crippen molar-refractivity contribution in [2.45, 2.75) is 40.8 Å². The van der Waals surface area contributed by atoms with E-state index in [0.717, 1.165) is 17.7 Å². The molecular weight excluding hydrogens is 383 g/mol. The van der Waals surface area contributed by atoms with Gasteiger partial charge in [-0.15, -0.1) is 0 Å². The fourth-order valence-electron chi connectivity index (χ4n) is 2.25. The van der Waals surface area contributed by atoms with E-state index in [2.05, 4.69) is 0 Å². The molecule has 0 aliphatic carbocycles. The van der Waals surface area contributed by atoms with E-state index in [9.17, 15) is 13.2 Å². The maximum absolute atomic E-state index is 12.6. The van der Waals surface area contributed by atoms with Crippen molar-refractivity contribution < 1.29 is 13.2 Å².